The molecule has 4 rings (SSSR count). The zero-order chi connectivity index (χ0) is 14.9. The Morgan fingerprint density at radius 1 is 1.18 bits per heavy atom. The van der Waals surface area contributed by atoms with Crippen LogP contribution in [0.5, 0.6) is 11.5 Å². The Bertz CT molecular complexity index is 706. The van der Waals surface area contributed by atoms with E-state index in [1.807, 2.05) is 23.6 Å². The van der Waals surface area contributed by atoms with E-state index in [0.717, 1.165) is 21.9 Å². The Hall–Kier alpha value is -2.01. The summed E-state index contributed by atoms with van der Waals surface area (Å²) in [6.07, 6.45) is 2.42. The number of amides is 1. The molecule has 1 fully saturated rings. The second-order valence-corrected chi connectivity index (χ2v) is 6.56. The zero-order valence-corrected chi connectivity index (χ0v) is 12.9. The lowest BCUT2D eigenvalue weighted by Crippen LogP contribution is -2.23. The van der Waals surface area contributed by atoms with E-state index in [0.29, 0.717) is 25.7 Å². The minimum atomic E-state index is 0.0202. The van der Waals surface area contributed by atoms with Gasteiger partial charge in [-0.2, -0.15) is 0 Å². The van der Waals surface area contributed by atoms with Crippen molar-refractivity contribution in [2.75, 3.05) is 13.2 Å². The highest BCUT2D eigenvalue weighted by atomic mass is 32.1. The predicted molar refractivity (Wildman–Crippen MR) is 84.9 cm³/mol. The van der Waals surface area contributed by atoms with E-state index in [4.69, 9.17) is 9.47 Å². The summed E-state index contributed by atoms with van der Waals surface area (Å²) in [5.74, 6) is 2.15. The Morgan fingerprint density at radius 3 is 2.82 bits per heavy atom. The Balaban J connectivity index is 1.43. The predicted octanol–water partition coefficient (Wildman–Crippen LogP) is 3.33. The second-order valence-electron chi connectivity index (χ2n) is 5.64. The van der Waals surface area contributed by atoms with Crippen LogP contribution in [0.1, 0.15) is 39.6 Å². The number of hydrogen-bond acceptors (Lipinski definition) is 4. The molecule has 0 radical (unpaired) electrons. The molecule has 114 valence electrons. The summed E-state index contributed by atoms with van der Waals surface area (Å²) >= 11 is 1.53. The largest absolute Gasteiger partial charge is 0.486 e. The van der Waals surface area contributed by atoms with E-state index in [1.165, 1.54) is 29.7 Å². The molecule has 1 amide bonds. The van der Waals surface area contributed by atoms with Gasteiger partial charge in [-0.3, -0.25) is 4.79 Å². The third kappa shape index (κ3) is 2.68. The van der Waals surface area contributed by atoms with E-state index in [2.05, 4.69) is 11.4 Å². The molecule has 2 heterocycles. The Labute approximate surface area is 133 Å². The number of ether oxygens (including phenoxy) is 2. The molecular formula is C17H17NO3S. The molecule has 1 aromatic heterocycles. The van der Waals surface area contributed by atoms with Crippen molar-refractivity contribution in [3.05, 3.63) is 45.6 Å². The third-order valence-electron chi connectivity index (χ3n) is 3.98. The van der Waals surface area contributed by atoms with Crippen molar-refractivity contribution >= 4 is 17.2 Å². The Kier molecular flexibility index (Phi) is 3.50. The van der Waals surface area contributed by atoms with Gasteiger partial charge in [0.2, 0.25) is 0 Å². The molecule has 1 aromatic carbocycles. The average molecular weight is 315 g/mol. The highest BCUT2D eigenvalue weighted by Gasteiger charge is 2.28. The van der Waals surface area contributed by atoms with E-state index >= 15 is 0 Å². The maximum Gasteiger partial charge on any atom is 0.261 e. The summed E-state index contributed by atoms with van der Waals surface area (Å²) in [6, 6.07) is 7.88. The van der Waals surface area contributed by atoms with Crippen LogP contribution in [0.3, 0.4) is 0 Å². The second kappa shape index (κ2) is 5.65. The van der Waals surface area contributed by atoms with Crippen LogP contribution >= 0.6 is 11.3 Å². The number of benzene rings is 1. The van der Waals surface area contributed by atoms with Gasteiger partial charge in [0.15, 0.2) is 11.5 Å². The molecule has 1 saturated carbocycles. The molecule has 4 nitrogen and oxygen atoms in total. The summed E-state index contributed by atoms with van der Waals surface area (Å²) < 4.78 is 11.1. The third-order valence-corrected chi connectivity index (χ3v) is 4.91. The molecule has 0 spiro atoms. The summed E-state index contributed by atoms with van der Waals surface area (Å²) in [7, 11) is 0. The van der Waals surface area contributed by atoms with E-state index < -0.39 is 0 Å². The maximum absolute atomic E-state index is 12.4. The smallest absolute Gasteiger partial charge is 0.261 e. The van der Waals surface area contributed by atoms with Crippen LogP contribution < -0.4 is 14.8 Å². The summed E-state index contributed by atoms with van der Waals surface area (Å²) in [4.78, 5) is 13.2. The van der Waals surface area contributed by atoms with Crippen molar-refractivity contribution in [2.24, 2.45) is 0 Å². The number of carbonyl (C=O) groups excluding carboxylic acids is 1. The molecule has 5 heteroatoms. The van der Waals surface area contributed by atoms with E-state index in [-0.39, 0.29) is 5.91 Å². The van der Waals surface area contributed by atoms with Crippen LogP contribution in [0.4, 0.5) is 0 Å². The van der Waals surface area contributed by atoms with Gasteiger partial charge in [0.1, 0.15) is 13.2 Å². The van der Waals surface area contributed by atoms with Gasteiger partial charge in [-0.1, -0.05) is 6.07 Å². The van der Waals surface area contributed by atoms with Crippen LogP contribution in [0, 0.1) is 0 Å². The van der Waals surface area contributed by atoms with Gasteiger partial charge in [0, 0.05) is 6.54 Å². The molecule has 0 atom stereocenters. The van der Waals surface area contributed by atoms with Crippen molar-refractivity contribution in [3.8, 4) is 11.5 Å². The fourth-order valence-corrected chi connectivity index (χ4v) is 3.58. The Morgan fingerprint density at radius 2 is 2.00 bits per heavy atom. The lowest BCUT2D eigenvalue weighted by atomic mass is 10.1. The highest BCUT2D eigenvalue weighted by Crippen LogP contribution is 2.43. The van der Waals surface area contributed by atoms with Crippen LogP contribution in [-0.4, -0.2) is 19.1 Å². The van der Waals surface area contributed by atoms with Crippen LogP contribution in [0.25, 0.3) is 0 Å². The minimum absolute atomic E-state index is 0.0202. The van der Waals surface area contributed by atoms with Gasteiger partial charge in [-0.05, 0) is 53.5 Å². The molecule has 22 heavy (non-hydrogen) atoms. The summed E-state index contributed by atoms with van der Waals surface area (Å²) in [6.45, 7) is 1.66. The first kappa shape index (κ1) is 13.6. The number of fused-ring (bicyclic) bond motifs is 1. The van der Waals surface area contributed by atoms with Crippen molar-refractivity contribution in [3.63, 3.8) is 0 Å². The molecule has 2 aliphatic rings. The maximum atomic E-state index is 12.4. The van der Waals surface area contributed by atoms with Gasteiger partial charge in [0.05, 0.1) is 4.88 Å². The van der Waals surface area contributed by atoms with Crippen LogP contribution in [0.15, 0.2) is 29.6 Å². The van der Waals surface area contributed by atoms with Crippen molar-refractivity contribution in [2.45, 2.75) is 25.3 Å². The first-order valence-electron chi connectivity index (χ1n) is 7.55. The quantitative estimate of drug-likeness (QED) is 0.941. The molecule has 1 aliphatic heterocycles. The number of thiophene rings is 1. The first-order valence-corrected chi connectivity index (χ1v) is 8.43. The number of nitrogens with one attached hydrogen (secondary N) is 1. The van der Waals surface area contributed by atoms with Gasteiger partial charge in [0.25, 0.3) is 5.91 Å². The zero-order valence-electron chi connectivity index (χ0n) is 12.1. The minimum Gasteiger partial charge on any atom is -0.486 e. The van der Waals surface area contributed by atoms with Crippen molar-refractivity contribution < 1.29 is 14.3 Å². The van der Waals surface area contributed by atoms with Crippen LogP contribution in [-0.2, 0) is 6.54 Å². The molecule has 0 bridgehead atoms. The molecule has 1 N–H and O–H groups in total. The standard InChI is InChI=1S/C17H17NO3S/c19-17(16-13(5-8-22-16)12-2-3-12)18-10-11-1-4-14-15(9-11)21-7-6-20-14/h1,4-5,8-9,12H,2-3,6-7,10H2,(H,18,19). The van der Waals surface area contributed by atoms with E-state index in [9.17, 15) is 4.79 Å². The van der Waals surface area contributed by atoms with E-state index in [1.54, 1.807) is 0 Å². The normalized spacial score (nSPS) is 16.4. The fourth-order valence-electron chi connectivity index (χ4n) is 2.68. The van der Waals surface area contributed by atoms with Crippen molar-refractivity contribution in [1.29, 1.82) is 0 Å². The van der Waals surface area contributed by atoms with Gasteiger partial charge in [-0.25, -0.2) is 0 Å². The van der Waals surface area contributed by atoms with Gasteiger partial charge in [-0.15, -0.1) is 11.3 Å². The van der Waals surface area contributed by atoms with Gasteiger partial charge >= 0.3 is 0 Å². The van der Waals surface area contributed by atoms with Crippen molar-refractivity contribution in [1.82, 2.24) is 5.32 Å². The number of rotatable bonds is 4. The molecule has 1 aliphatic carbocycles. The lowest BCUT2D eigenvalue weighted by molar-refractivity contribution is 0.0954. The molecular weight excluding hydrogens is 298 g/mol. The average Bonchev–Trinajstić information content (AvgIpc) is 3.29. The first-order chi connectivity index (χ1) is 10.8. The fraction of sp³-hybridized carbons (Fsp3) is 0.353. The molecule has 2 aromatic rings. The summed E-state index contributed by atoms with van der Waals surface area (Å²) in [5.41, 5.74) is 2.23. The lowest BCUT2D eigenvalue weighted by Gasteiger charge is -2.19. The van der Waals surface area contributed by atoms with Crippen LogP contribution in [0.2, 0.25) is 0 Å². The topological polar surface area (TPSA) is 47.6 Å². The molecule has 0 saturated heterocycles. The highest BCUT2D eigenvalue weighted by molar-refractivity contribution is 7.12. The van der Waals surface area contributed by atoms with Gasteiger partial charge < -0.3 is 14.8 Å². The molecule has 0 unspecified atom stereocenters. The summed E-state index contributed by atoms with van der Waals surface area (Å²) in [5, 5.41) is 5.01. The number of carbonyl (C=O) groups is 1. The monoisotopic (exact) mass is 315 g/mol. The number of hydrogen-bond donors (Lipinski definition) is 1. The SMILES string of the molecule is O=C(NCc1ccc2c(c1)OCCO2)c1sccc1C1CC1.